The fourth-order valence-corrected chi connectivity index (χ4v) is 1.08. The van der Waals surface area contributed by atoms with Crippen molar-refractivity contribution in [2.45, 2.75) is 19.4 Å². The molecule has 3 heteroatoms. The normalized spacial score (nSPS) is 21.0. The number of rotatable bonds is 2. The van der Waals surface area contributed by atoms with Crippen LogP contribution in [0.4, 0.5) is 4.79 Å². The molecule has 1 rings (SSSR count). The zero-order valence-electron chi connectivity index (χ0n) is 7.46. The Morgan fingerprint density at radius 2 is 2.25 bits per heavy atom. The van der Waals surface area contributed by atoms with E-state index in [1.165, 1.54) is 4.90 Å². The standard InChI is InChI=1S/C9H13NO2/c1-5-6-10-7(2)9(3,4)12-8(10)11/h5H,1-2,6H2,3-4H3. The summed E-state index contributed by atoms with van der Waals surface area (Å²) in [6, 6.07) is 0. The monoisotopic (exact) mass is 167 g/mol. The molecular weight excluding hydrogens is 154 g/mol. The number of hydrogen-bond donors (Lipinski definition) is 0. The minimum atomic E-state index is -0.569. The quantitative estimate of drug-likeness (QED) is 0.588. The van der Waals surface area contributed by atoms with Crippen LogP contribution in [0.1, 0.15) is 13.8 Å². The van der Waals surface area contributed by atoms with E-state index in [0.717, 1.165) is 0 Å². The maximum Gasteiger partial charge on any atom is 0.415 e. The Balaban J connectivity index is 2.85. The van der Waals surface area contributed by atoms with E-state index in [2.05, 4.69) is 13.2 Å². The molecule has 0 aromatic carbocycles. The summed E-state index contributed by atoms with van der Waals surface area (Å²) in [5, 5.41) is 0. The van der Waals surface area contributed by atoms with Crippen LogP contribution in [0, 0.1) is 0 Å². The molecule has 1 heterocycles. The van der Waals surface area contributed by atoms with Crippen molar-refractivity contribution < 1.29 is 9.53 Å². The molecule has 0 aromatic rings. The molecule has 66 valence electrons. The zero-order chi connectivity index (χ0) is 9.35. The lowest BCUT2D eigenvalue weighted by molar-refractivity contribution is 0.0940. The smallest absolute Gasteiger partial charge is 0.415 e. The van der Waals surface area contributed by atoms with Gasteiger partial charge in [-0.3, -0.25) is 4.90 Å². The van der Waals surface area contributed by atoms with Crippen LogP contribution in [0.5, 0.6) is 0 Å². The largest absolute Gasteiger partial charge is 0.437 e. The van der Waals surface area contributed by atoms with Crippen molar-refractivity contribution in [2.24, 2.45) is 0 Å². The zero-order valence-corrected chi connectivity index (χ0v) is 7.46. The molecule has 1 amide bonds. The molecule has 0 radical (unpaired) electrons. The van der Waals surface area contributed by atoms with E-state index >= 15 is 0 Å². The predicted octanol–water partition coefficient (Wildman–Crippen LogP) is 1.92. The summed E-state index contributed by atoms with van der Waals surface area (Å²) >= 11 is 0. The van der Waals surface area contributed by atoms with Crippen LogP contribution in [0.25, 0.3) is 0 Å². The van der Waals surface area contributed by atoms with Crippen molar-refractivity contribution in [3.05, 3.63) is 24.9 Å². The summed E-state index contributed by atoms with van der Waals surface area (Å²) in [5.74, 6) is 0. The molecule has 0 saturated carbocycles. The first kappa shape index (κ1) is 8.84. The van der Waals surface area contributed by atoms with Crippen LogP contribution < -0.4 is 0 Å². The maximum atomic E-state index is 11.2. The highest BCUT2D eigenvalue weighted by Gasteiger charge is 2.40. The van der Waals surface area contributed by atoms with Crippen molar-refractivity contribution in [3.8, 4) is 0 Å². The Morgan fingerprint density at radius 3 is 2.58 bits per heavy atom. The highest BCUT2D eigenvalue weighted by Crippen LogP contribution is 2.30. The first-order valence-electron chi connectivity index (χ1n) is 3.80. The van der Waals surface area contributed by atoms with Crippen LogP contribution in [-0.4, -0.2) is 23.1 Å². The Kier molecular flexibility index (Phi) is 1.96. The third-order valence-electron chi connectivity index (χ3n) is 1.90. The molecule has 12 heavy (non-hydrogen) atoms. The molecule has 1 aliphatic heterocycles. The van der Waals surface area contributed by atoms with E-state index < -0.39 is 5.60 Å². The second-order valence-corrected chi connectivity index (χ2v) is 3.22. The fourth-order valence-electron chi connectivity index (χ4n) is 1.08. The maximum absolute atomic E-state index is 11.2. The third kappa shape index (κ3) is 1.22. The number of hydrogen-bond acceptors (Lipinski definition) is 2. The summed E-state index contributed by atoms with van der Waals surface area (Å²) in [6.07, 6.45) is 1.30. The Hall–Kier alpha value is -1.25. The topological polar surface area (TPSA) is 29.5 Å². The van der Waals surface area contributed by atoms with Crippen molar-refractivity contribution in [2.75, 3.05) is 6.54 Å². The Bertz CT molecular complexity index is 243. The van der Waals surface area contributed by atoms with Crippen LogP contribution in [-0.2, 0) is 4.74 Å². The van der Waals surface area contributed by atoms with Crippen molar-refractivity contribution in [1.82, 2.24) is 4.90 Å². The Morgan fingerprint density at radius 1 is 1.67 bits per heavy atom. The van der Waals surface area contributed by atoms with Crippen LogP contribution in [0.15, 0.2) is 24.9 Å². The number of ether oxygens (including phenoxy) is 1. The summed E-state index contributed by atoms with van der Waals surface area (Å²) in [5.41, 5.74) is 0.118. The number of cyclic esters (lactones) is 1. The molecule has 0 aliphatic carbocycles. The highest BCUT2D eigenvalue weighted by molar-refractivity contribution is 5.74. The SMILES string of the molecule is C=CCN1C(=C)C(C)(C)OC1=O. The van der Waals surface area contributed by atoms with Gasteiger partial charge < -0.3 is 4.74 Å². The Labute approximate surface area is 72.3 Å². The van der Waals surface area contributed by atoms with Gasteiger partial charge in [0.05, 0.1) is 5.70 Å². The number of nitrogens with zero attached hydrogens (tertiary/aromatic N) is 1. The van der Waals surface area contributed by atoms with E-state index in [0.29, 0.717) is 12.2 Å². The van der Waals surface area contributed by atoms with Gasteiger partial charge in [-0.15, -0.1) is 6.58 Å². The molecular formula is C9H13NO2. The van der Waals surface area contributed by atoms with Crippen LogP contribution in [0.3, 0.4) is 0 Å². The van der Waals surface area contributed by atoms with Gasteiger partial charge in [0.2, 0.25) is 0 Å². The molecule has 0 bridgehead atoms. The van der Waals surface area contributed by atoms with Crippen LogP contribution >= 0.6 is 0 Å². The van der Waals surface area contributed by atoms with E-state index in [1.807, 2.05) is 13.8 Å². The molecule has 0 spiro atoms. The predicted molar refractivity (Wildman–Crippen MR) is 46.6 cm³/mol. The van der Waals surface area contributed by atoms with Crippen LogP contribution in [0.2, 0.25) is 0 Å². The average molecular weight is 167 g/mol. The first-order chi connectivity index (χ1) is 5.49. The van der Waals surface area contributed by atoms with Gasteiger partial charge in [0.25, 0.3) is 0 Å². The van der Waals surface area contributed by atoms with Gasteiger partial charge in [0.15, 0.2) is 0 Å². The number of carbonyl (C=O) groups is 1. The van der Waals surface area contributed by atoms with Crippen molar-refractivity contribution in [1.29, 1.82) is 0 Å². The lowest BCUT2D eigenvalue weighted by atomic mass is 10.1. The fraction of sp³-hybridized carbons (Fsp3) is 0.444. The van der Waals surface area contributed by atoms with E-state index in [9.17, 15) is 4.79 Å². The first-order valence-corrected chi connectivity index (χ1v) is 3.80. The van der Waals surface area contributed by atoms with Gasteiger partial charge in [-0.05, 0) is 13.8 Å². The van der Waals surface area contributed by atoms with E-state index in [1.54, 1.807) is 6.08 Å². The third-order valence-corrected chi connectivity index (χ3v) is 1.90. The molecule has 0 N–H and O–H groups in total. The number of amides is 1. The second-order valence-electron chi connectivity index (χ2n) is 3.22. The molecule has 0 unspecified atom stereocenters. The van der Waals surface area contributed by atoms with E-state index in [4.69, 9.17) is 4.74 Å². The summed E-state index contributed by atoms with van der Waals surface area (Å²) < 4.78 is 5.07. The average Bonchev–Trinajstić information content (AvgIpc) is 2.13. The lowest BCUT2D eigenvalue weighted by Crippen LogP contribution is -2.25. The van der Waals surface area contributed by atoms with Gasteiger partial charge in [-0.2, -0.15) is 0 Å². The van der Waals surface area contributed by atoms with E-state index in [-0.39, 0.29) is 6.09 Å². The molecule has 3 nitrogen and oxygen atoms in total. The lowest BCUT2D eigenvalue weighted by Gasteiger charge is -2.17. The van der Waals surface area contributed by atoms with Gasteiger partial charge in [-0.25, -0.2) is 4.79 Å². The summed E-state index contributed by atoms with van der Waals surface area (Å²) in [4.78, 5) is 12.7. The number of carbonyl (C=O) groups excluding carboxylic acids is 1. The molecule has 1 fully saturated rings. The summed E-state index contributed by atoms with van der Waals surface area (Å²) in [7, 11) is 0. The molecule has 1 aliphatic rings. The van der Waals surface area contributed by atoms with Gasteiger partial charge in [-0.1, -0.05) is 12.7 Å². The van der Waals surface area contributed by atoms with Crippen molar-refractivity contribution >= 4 is 6.09 Å². The van der Waals surface area contributed by atoms with Gasteiger partial charge in [0, 0.05) is 6.54 Å². The minimum absolute atomic E-state index is 0.343. The minimum Gasteiger partial charge on any atom is -0.437 e. The van der Waals surface area contributed by atoms with Gasteiger partial charge in [0.1, 0.15) is 5.60 Å². The van der Waals surface area contributed by atoms with Crippen molar-refractivity contribution in [3.63, 3.8) is 0 Å². The summed E-state index contributed by atoms with van der Waals surface area (Å²) in [6.45, 7) is 11.4. The molecule has 0 atom stereocenters. The van der Waals surface area contributed by atoms with Gasteiger partial charge >= 0.3 is 6.09 Å². The molecule has 1 saturated heterocycles. The molecule has 0 aromatic heterocycles. The highest BCUT2D eigenvalue weighted by atomic mass is 16.6. The second kappa shape index (κ2) is 2.66.